The highest BCUT2D eigenvalue weighted by atomic mass is 31.1. The first-order chi connectivity index (χ1) is 16.4. The molecule has 3 aromatic rings. The fourth-order valence-corrected chi connectivity index (χ4v) is 3.64. The largest absolute Gasteiger partial charge is 0.448 e. The van der Waals surface area contributed by atoms with Crippen molar-refractivity contribution in [3.8, 4) is 0 Å². The second-order valence-corrected chi connectivity index (χ2v) is 8.09. The van der Waals surface area contributed by atoms with E-state index in [1.54, 1.807) is 24.2 Å². The van der Waals surface area contributed by atoms with E-state index in [0.29, 0.717) is 5.82 Å². The van der Waals surface area contributed by atoms with E-state index in [4.69, 9.17) is 4.74 Å². The number of hydrogen-bond acceptors (Lipinski definition) is 7. The molecule has 0 aliphatic rings. The van der Waals surface area contributed by atoms with Crippen molar-refractivity contribution in [2.75, 3.05) is 25.6 Å². The number of pyridine rings is 1. The molecule has 0 saturated carbocycles. The molecular formula is C23H24F2N3O5P. The van der Waals surface area contributed by atoms with Crippen molar-refractivity contribution in [1.29, 1.82) is 0 Å². The normalized spacial score (nSPS) is 13.2. The number of likely N-dealkylation sites (N-methyl/N-ethyl adjacent to an activating group) is 1. The smallest absolute Gasteiger partial charge is 0.412 e. The molecule has 1 amide bonds. The zero-order chi connectivity index (χ0) is 24.5. The molecular weight excluding hydrogens is 467 g/mol. The zero-order valence-electron chi connectivity index (χ0n) is 18.4. The predicted octanol–water partition coefficient (Wildman–Crippen LogP) is 4.54. The Balaban J connectivity index is 1.64. The van der Waals surface area contributed by atoms with E-state index in [1.165, 1.54) is 12.1 Å². The van der Waals surface area contributed by atoms with Crippen LogP contribution in [0, 0.1) is 11.6 Å². The molecule has 2 aromatic carbocycles. The third-order valence-corrected chi connectivity index (χ3v) is 5.46. The summed E-state index contributed by atoms with van der Waals surface area (Å²) in [5.41, 5.74) is 0.112. The minimum atomic E-state index is -1.03. The Labute approximate surface area is 196 Å². The fraction of sp³-hybridized carbons (Fsp3) is 0.304. The molecule has 0 bridgehead atoms. The van der Waals surface area contributed by atoms with Gasteiger partial charge in [0.15, 0.2) is 11.6 Å². The molecule has 1 aromatic heterocycles. The van der Waals surface area contributed by atoms with Crippen molar-refractivity contribution in [2.45, 2.75) is 25.1 Å². The maximum Gasteiger partial charge on any atom is 0.412 e. The first kappa shape index (κ1) is 25.6. The van der Waals surface area contributed by atoms with E-state index in [9.17, 15) is 23.2 Å². The maximum absolute atomic E-state index is 14.1. The Bertz CT molecular complexity index is 1140. The van der Waals surface area contributed by atoms with E-state index in [-0.39, 0.29) is 31.7 Å². The quantitative estimate of drug-likeness (QED) is 0.380. The fourth-order valence-electron chi connectivity index (χ4n) is 3.41. The summed E-state index contributed by atoms with van der Waals surface area (Å²) in [6, 6.07) is 12.5. The van der Waals surface area contributed by atoms with Gasteiger partial charge in [-0.15, -0.1) is 0 Å². The van der Waals surface area contributed by atoms with Crippen molar-refractivity contribution in [2.24, 2.45) is 0 Å². The minimum Gasteiger partial charge on any atom is -0.448 e. The van der Waals surface area contributed by atoms with E-state index in [0.717, 1.165) is 16.8 Å². The molecule has 34 heavy (non-hydrogen) atoms. The Morgan fingerprint density at radius 3 is 2.71 bits per heavy atom. The number of anilines is 1. The molecule has 1 heterocycles. The highest BCUT2D eigenvalue weighted by molar-refractivity contribution is 7.17. The summed E-state index contributed by atoms with van der Waals surface area (Å²) in [6.07, 6.45) is -0.104. The number of aliphatic hydroxyl groups excluding tert-OH is 1. The van der Waals surface area contributed by atoms with Gasteiger partial charge >= 0.3 is 14.8 Å². The molecule has 0 aliphatic heterocycles. The summed E-state index contributed by atoms with van der Waals surface area (Å²) in [7, 11) is 1.05. The van der Waals surface area contributed by atoms with E-state index in [1.807, 2.05) is 24.3 Å². The number of aromatic nitrogens is 1. The molecule has 180 valence electrons. The van der Waals surface area contributed by atoms with Crippen LogP contribution in [0.2, 0.25) is 0 Å². The number of benzene rings is 2. The number of halogens is 2. The molecule has 0 aliphatic carbocycles. The molecule has 0 spiro atoms. The summed E-state index contributed by atoms with van der Waals surface area (Å²) >= 11 is 0. The summed E-state index contributed by atoms with van der Waals surface area (Å²) < 4.78 is 48.2. The van der Waals surface area contributed by atoms with Gasteiger partial charge in [-0.25, -0.2) is 23.1 Å². The lowest BCUT2D eigenvalue weighted by Gasteiger charge is -2.29. The lowest BCUT2D eigenvalue weighted by atomic mass is 10.1. The van der Waals surface area contributed by atoms with Crippen LogP contribution in [0.3, 0.4) is 0 Å². The first-order valence-electron chi connectivity index (χ1n) is 10.4. The van der Waals surface area contributed by atoms with Crippen molar-refractivity contribution in [3.63, 3.8) is 0 Å². The van der Waals surface area contributed by atoms with E-state index >= 15 is 0 Å². The SMILES string of the molecule is CN(Cc1cccc(F)c1F)[C@H](COC(=O)Nc1cc2ccccc2cn1)C[C@@H](O)COP=O. The number of amides is 1. The molecule has 0 saturated heterocycles. The van der Waals surface area contributed by atoms with Crippen molar-refractivity contribution in [1.82, 2.24) is 9.88 Å². The number of fused-ring (bicyclic) bond motifs is 1. The van der Waals surface area contributed by atoms with E-state index < -0.39 is 38.6 Å². The summed E-state index contributed by atoms with van der Waals surface area (Å²) in [5.74, 6) is -1.63. The predicted molar refractivity (Wildman–Crippen MR) is 123 cm³/mol. The third-order valence-electron chi connectivity index (χ3n) is 5.21. The second-order valence-electron chi connectivity index (χ2n) is 7.68. The summed E-state index contributed by atoms with van der Waals surface area (Å²) in [5, 5.41) is 14.5. The third kappa shape index (κ3) is 7.23. The average Bonchev–Trinajstić information content (AvgIpc) is 2.83. The van der Waals surface area contributed by atoms with Gasteiger partial charge in [0.2, 0.25) is 0 Å². The Morgan fingerprint density at radius 1 is 1.18 bits per heavy atom. The lowest BCUT2D eigenvalue weighted by molar-refractivity contribution is 0.0462. The van der Waals surface area contributed by atoms with Gasteiger partial charge in [0.25, 0.3) is 0 Å². The van der Waals surface area contributed by atoms with Crippen molar-refractivity contribution < 1.29 is 32.5 Å². The molecule has 0 unspecified atom stereocenters. The molecule has 11 heteroatoms. The van der Waals surface area contributed by atoms with Crippen molar-refractivity contribution in [3.05, 3.63) is 71.9 Å². The number of carbonyl (C=O) groups excluding carboxylic acids is 1. The Hall–Kier alpha value is -3.04. The van der Waals surface area contributed by atoms with Gasteiger partial charge in [-0.1, -0.05) is 36.4 Å². The van der Waals surface area contributed by atoms with Crippen LogP contribution in [0.4, 0.5) is 19.4 Å². The number of hydrogen-bond donors (Lipinski definition) is 2. The van der Waals surface area contributed by atoms with Gasteiger partial charge in [-0.3, -0.25) is 14.7 Å². The molecule has 0 radical (unpaired) electrons. The summed E-state index contributed by atoms with van der Waals surface area (Å²) in [6.45, 7) is -0.380. The molecule has 8 nitrogen and oxygen atoms in total. The number of ether oxygens (including phenoxy) is 1. The van der Waals surface area contributed by atoms with Gasteiger partial charge in [0.05, 0.1) is 12.7 Å². The van der Waals surface area contributed by atoms with Crippen LogP contribution < -0.4 is 5.32 Å². The Morgan fingerprint density at radius 2 is 1.94 bits per heavy atom. The van der Waals surface area contributed by atoms with Crippen LogP contribution in [0.15, 0.2) is 54.7 Å². The highest BCUT2D eigenvalue weighted by Gasteiger charge is 2.23. The number of nitrogens with zero attached hydrogens (tertiary/aromatic N) is 2. The van der Waals surface area contributed by atoms with Gasteiger partial charge in [-0.05, 0) is 31.0 Å². The molecule has 0 fully saturated rings. The number of carbonyl (C=O) groups is 1. The number of rotatable bonds is 11. The van der Waals surface area contributed by atoms with E-state index in [2.05, 4.69) is 14.8 Å². The highest BCUT2D eigenvalue weighted by Crippen LogP contribution is 2.18. The van der Waals surface area contributed by atoms with Gasteiger partial charge < -0.3 is 9.84 Å². The average molecular weight is 491 g/mol. The maximum atomic E-state index is 14.1. The van der Waals surface area contributed by atoms with Crippen LogP contribution in [-0.4, -0.2) is 53.5 Å². The topological polar surface area (TPSA) is 101 Å². The standard InChI is InChI=1S/C23H24F2N3O5P/c1-28(12-17-7-4-8-20(24)22(17)25)18(10-19(29)14-33-34-31)13-32-23(30)27-21-9-15-5-2-3-6-16(15)11-26-21/h2-9,11,18-19,29H,10,12-14H2,1H3,(H,26,27,30)/t18-,19+/m0/s1. The van der Waals surface area contributed by atoms with Crippen LogP contribution in [0.5, 0.6) is 0 Å². The van der Waals surface area contributed by atoms with Gasteiger partial charge in [-0.2, -0.15) is 0 Å². The van der Waals surface area contributed by atoms with Crippen LogP contribution >= 0.6 is 8.69 Å². The molecule has 3 rings (SSSR count). The lowest BCUT2D eigenvalue weighted by Crippen LogP contribution is -2.40. The minimum absolute atomic E-state index is 0.00114. The van der Waals surface area contributed by atoms with Crippen LogP contribution in [0.1, 0.15) is 12.0 Å². The zero-order valence-corrected chi connectivity index (χ0v) is 19.3. The van der Waals surface area contributed by atoms with Crippen LogP contribution in [0.25, 0.3) is 10.8 Å². The molecule has 2 atom stereocenters. The van der Waals surface area contributed by atoms with Crippen LogP contribution in [-0.2, 0) is 20.4 Å². The van der Waals surface area contributed by atoms with Crippen molar-refractivity contribution >= 4 is 31.4 Å². The number of aliphatic hydroxyl groups is 1. The second kappa shape index (κ2) is 12.4. The Kier molecular flexibility index (Phi) is 9.35. The monoisotopic (exact) mass is 491 g/mol. The molecule has 2 N–H and O–H groups in total. The first-order valence-corrected chi connectivity index (χ1v) is 11.1. The van der Waals surface area contributed by atoms with Gasteiger partial charge in [0, 0.05) is 29.7 Å². The number of nitrogens with one attached hydrogen (secondary N) is 1. The summed E-state index contributed by atoms with van der Waals surface area (Å²) in [4.78, 5) is 18.2. The van der Waals surface area contributed by atoms with Gasteiger partial charge in [0.1, 0.15) is 12.4 Å².